The summed E-state index contributed by atoms with van der Waals surface area (Å²) in [6, 6.07) is 0. The highest BCUT2D eigenvalue weighted by atomic mass is 32.1. The van der Waals surface area contributed by atoms with Gasteiger partial charge < -0.3 is 20.5 Å². The Hall–Kier alpha value is -1.22. The van der Waals surface area contributed by atoms with E-state index in [2.05, 4.69) is 14.4 Å². The quantitative estimate of drug-likeness (QED) is 0.771. The van der Waals surface area contributed by atoms with Crippen LogP contribution >= 0.6 is 11.5 Å². The van der Waals surface area contributed by atoms with E-state index in [1.807, 2.05) is 0 Å². The van der Waals surface area contributed by atoms with E-state index in [9.17, 15) is 13.2 Å². The first-order chi connectivity index (χ1) is 7.94. The number of alkyl halides is 3. The summed E-state index contributed by atoms with van der Waals surface area (Å²) in [5.41, 5.74) is 5.49. The number of nitrogens with one attached hydrogen (secondary N) is 1. The standard InChI is InChI=1S/C8H12F3N3O2S/c1-15-5-6(12)14-17-7(5)13-2-3-16-4-8(9,10)11/h13H,2-4H2,1H3,(H2,12,14). The number of halogens is 3. The molecule has 0 bridgehead atoms. The predicted molar refractivity (Wildman–Crippen MR) is 58.4 cm³/mol. The fourth-order valence-corrected chi connectivity index (χ4v) is 1.74. The molecule has 0 saturated heterocycles. The lowest BCUT2D eigenvalue weighted by Crippen LogP contribution is -2.20. The molecule has 17 heavy (non-hydrogen) atoms. The molecule has 0 aliphatic carbocycles. The summed E-state index contributed by atoms with van der Waals surface area (Å²) in [5.74, 6) is 0.641. The first kappa shape index (κ1) is 13.8. The second kappa shape index (κ2) is 5.92. The predicted octanol–water partition coefficient (Wildman–Crippen LogP) is 1.72. The number of hydrogen-bond donors (Lipinski definition) is 2. The van der Waals surface area contributed by atoms with Crippen LogP contribution in [0.25, 0.3) is 0 Å². The summed E-state index contributed by atoms with van der Waals surface area (Å²) in [7, 11) is 1.44. The summed E-state index contributed by atoms with van der Waals surface area (Å²) in [6.45, 7) is -1.11. The SMILES string of the molecule is COc1c(N)nsc1NCCOCC(F)(F)F. The molecule has 0 spiro atoms. The van der Waals surface area contributed by atoms with Gasteiger partial charge in [0, 0.05) is 6.54 Å². The van der Waals surface area contributed by atoms with Crippen molar-refractivity contribution in [2.75, 3.05) is 37.9 Å². The van der Waals surface area contributed by atoms with Crippen molar-refractivity contribution in [3.05, 3.63) is 0 Å². The third kappa shape index (κ3) is 4.65. The van der Waals surface area contributed by atoms with Gasteiger partial charge in [0.05, 0.1) is 13.7 Å². The molecule has 1 aromatic heterocycles. The fourth-order valence-electron chi connectivity index (χ4n) is 1.03. The third-order valence-electron chi connectivity index (χ3n) is 1.68. The van der Waals surface area contributed by atoms with Crippen LogP contribution < -0.4 is 15.8 Å². The summed E-state index contributed by atoms with van der Waals surface area (Å²) in [4.78, 5) is 0. The van der Waals surface area contributed by atoms with E-state index in [1.54, 1.807) is 0 Å². The summed E-state index contributed by atoms with van der Waals surface area (Å²) >= 11 is 1.08. The summed E-state index contributed by atoms with van der Waals surface area (Å²) in [5, 5.41) is 3.40. The van der Waals surface area contributed by atoms with Gasteiger partial charge in [0.1, 0.15) is 6.61 Å². The van der Waals surface area contributed by atoms with Crippen molar-refractivity contribution >= 4 is 22.4 Å². The molecular formula is C8H12F3N3O2S. The molecule has 1 aromatic rings. The lowest BCUT2D eigenvalue weighted by atomic mass is 10.5. The minimum absolute atomic E-state index is 0.0690. The molecule has 9 heteroatoms. The zero-order chi connectivity index (χ0) is 12.9. The van der Waals surface area contributed by atoms with Crippen molar-refractivity contribution in [1.29, 1.82) is 0 Å². The highest BCUT2D eigenvalue weighted by molar-refractivity contribution is 7.11. The van der Waals surface area contributed by atoms with Crippen LogP contribution in [0, 0.1) is 0 Å². The van der Waals surface area contributed by atoms with Gasteiger partial charge >= 0.3 is 6.18 Å². The average Bonchev–Trinajstić information content (AvgIpc) is 2.57. The van der Waals surface area contributed by atoms with Crippen LogP contribution in [0.1, 0.15) is 0 Å². The van der Waals surface area contributed by atoms with Gasteiger partial charge in [0.25, 0.3) is 0 Å². The molecule has 0 fully saturated rings. The highest BCUT2D eigenvalue weighted by Crippen LogP contribution is 2.34. The number of nitrogens with zero attached hydrogens (tertiary/aromatic N) is 1. The number of nitrogen functional groups attached to an aromatic ring is 1. The number of methoxy groups -OCH3 is 1. The van der Waals surface area contributed by atoms with E-state index in [4.69, 9.17) is 10.5 Å². The molecule has 0 aliphatic heterocycles. The lowest BCUT2D eigenvalue weighted by Gasteiger charge is -2.08. The number of ether oxygens (including phenoxy) is 2. The maximum absolute atomic E-state index is 11.7. The molecule has 0 unspecified atom stereocenters. The summed E-state index contributed by atoms with van der Waals surface area (Å²) in [6.07, 6.45) is -4.30. The molecule has 5 nitrogen and oxygen atoms in total. The Balaban J connectivity index is 2.27. The molecule has 3 N–H and O–H groups in total. The van der Waals surface area contributed by atoms with Crippen molar-refractivity contribution in [2.24, 2.45) is 0 Å². The first-order valence-electron chi connectivity index (χ1n) is 4.61. The first-order valence-corrected chi connectivity index (χ1v) is 5.39. The van der Waals surface area contributed by atoms with Crippen LogP contribution in [0.2, 0.25) is 0 Å². The molecule has 0 amide bonds. The van der Waals surface area contributed by atoms with E-state index in [-0.39, 0.29) is 19.0 Å². The lowest BCUT2D eigenvalue weighted by molar-refractivity contribution is -0.172. The Morgan fingerprint density at radius 1 is 1.47 bits per heavy atom. The fraction of sp³-hybridized carbons (Fsp3) is 0.625. The smallest absolute Gasteiger partial charge is 0.411 e. The zero-order valence-corrected chi connectivity index (χ0v) is 9.82. The molecule has 1 rings (SSSR count). The van der Waals surface area contributed by atoms with Crippen molar-refractivity contribution in [2.45, 2.75) is 6.18 Å². The van der Waals surface area contributed by atoms with Gasteiger partial charge in [-0.05, 0) is 11.5 Å². The van der Waals surface area contributed by atoms with Gasteiger partial charge in [-0.3, -0.25) is 0 Å². The van der Waals surface area contributed by atoms with Crippen LogP contribution in [-0.4, -0.2) is 37.4 Å². The van der Waals surface area contributed by atoms with Crippen LogP contribution in [0.4, 0.5) is 24.0 Å². The second-order valence-electron chi connectivity index (χ2n) is 3.02. The number of rotatable bonds is 6. The van der Waals surface area contributed by atoms with Gasteiger partial charge in [-0.1, -0.05) is 0 Å². The molecule has 0 aromatic carbocycles. The number of hydrogen-bond acceptors (Lipinski definition) is 6. The minimum Gasteiger partial charge on any atom is -0.490 e. The van der Waals surface area contributed by atoms with Gasteiger partial charge in [0.2, 0.25) is 0 Å². The van der Waals surface area contributed by atoms with Crippen molar-refractivity contribution in [1.82, 2.24) is 4.37 Å². The van der Waals surface area contributed by atoms with E-state index < -0.39 is 12.8 Å². The van der Waals surface area contributed by atoms with E-state index in [1.165, 1.54) is 7.11 Å². The molecule has 1 heterocycles. The van der Waals surface area contributed by atoms with Gasteiger partial charge in [-0.25, -0.2) is 0 Å². The third-order valence-corrected chi connectivity index (χ3v) is 2.48. The molecule has 0 atom stereocenters. The molecular weight excluding hydrogens is 259 g/mol. The summed E-state index contributed by atoms with van der Waals surface area (Å²) < 4.78 is 48.4. The molecule has 98 valence electrons. The Bertz CT molecular complexity index is 356. The van der Waals surface area contributed by atoms with Gasteiger partial charge in [0.15, 0.2) is 16.6 Å². The van der Waals surface area contributed by atoms with Crippen molar-refractivity contribution in [3.8, 4) is 5.75 Å². The van der Waals surface area contributed by atoms with Crippen molar-refractivity contribution in [3.63, 3.8) is 0 Å². The Morgan fingerprint density at radius 2 is 2.18 bits per heavy atom. The van der Waals surface area contributed by atoms with E-state index >= 15 is 0 Å². The average molecular weight is 271 g/mol. The molecule has 0 saturated carbocycles. The van der Waals surface area contributed by atoms with Crippen LogP contribution in [0.5, 0.6) is 5.75 Å². The number of aromatic nitrogens is 1. The molecule has 0 radical (unpaired) electrons. The maximum atomic E-state index is 11.7. The van der Waals surface area contributed by atoms with Crippen LogP contribution in [-0.2, 0) is 4.74 Å². The van der Waals surface area contributed by atoms with Gasteiger partial charge in [-0.15, -0.1) is 0 Å². The van der Waals surface area contributed by atoms with Crippen LogP contribution in [0.3, 0.4) is 0 Å². The Morgan fingerprint density at radius 3 is 2.76 bits per heavy atom. The highest BCUT2D eigenvalue weighted by Gasteiger charge is 2.27. The van der Waals surface area contributed by atoms with E-state index in [0.717, 1.165) is 11.5 Å². The van der Waals surface area contributed by atoms with Gasteiger partial charge in [-0.2, -0.15) is 17.5 Å². The van der Waals surface area contributed by atoms with Crippen LogP contribution in [0.15, 0.2) is 0 Å². The van der Waals surface area contributed by atoms with E-state index in [0.29, 0.717) is 10.8 Å². The zero-order valence-electron chi connectivity index (χ0n) is 9.00. The number of anilines is 2. The minimum atomic E-state index is -4.30. The Kier molecular flexibility index (Phi) is 4.82. The topological polar surface area (TPSA) is 69.4 Å². The normalized spacial score (nSPS) is 11.5. The number of nitrogens with two attached hydrogens (primary N) is 1. The molecule has 0 aliphatic rings. The monoisotopic (exact) mass is 271 g/mol. The second-order valence-corrected chi connectivity index (χ2v) is 3.80. The Labute approximate surface area is 99.9 Å². The maximum Gasteiger partial charge on any atom is 0.411 e. The largest absolute Gasteiger partial charge is 0.490 e. The van der Waals surface area contributed by atoms with Crippen molar-refractivity contribution < 1.29 is 22.6 Å².